The molecule has 0 amide bonds. The van der Waals surface area contributed by atoms with Crippen molar-refractivity contribution < 1.29 is 4.74 Å². The molecule has 1 heterocycles. The predicted molar refractivity (Wildman–Crippen MR) is 82.1 cm³/mol. The molecular formula is C18H24N2O. The molecule has 1 aromatic heterocycles. The molecule has 3 heteroatoms. The number of pyridine rings is 1. The summed E-state index contributed by atoms with van der Waals surface area (Å²) in [5.41, 5.74) is 2.94. The van der Waals surface area contributed by atoms with Crippen molar-refractivity contribution in [3.63, 3.8) is 0 Å². The lowest BCUT2D eigenvalue weighted by atomic mass is 9.70. The quantitative estimate of drug-likeness (QED) is 0.819. The number of hydrogen-bond acceptors (Lipinski definition) is 3. The van der Waals surface area contributed by atoms with Gasteiger partial charge < -0.3 is 4.74 Å². The third kappa shape index (κ3) is 1.88. The molecule has 2 fully saturated rings. The number of hydrogen-bond donors (Lipinski definition) is 0. The van der Waals surface area contributed by atoms with Crippen molar-refractivity contribution in [2.75, 3.05) is 0 Å². The molecule has 0 aromatic carbocycles. The van der Waals surface area contributed by atoms with E-state index in [4.69, 9.17) is 4.74 Å². The molecule has 3 nitrogen and oxygen atoms in total. The van der Waals surface area contributed by atoms with Crippen molar-refractivity contribution in [1.82, 2.24) is 4.98 Å². The first kappa shape index (κ1) is 14.4. The highest BCUT2D eigenvalue weighted by Gasteiger charge is 2.62. The van der Waals surface area contributed by atoms with Crippen LogP contribution in [0.2, 0.25) is 0 Å². The first-order valence-corrected chi connectivity index (χ1v) is 7.84. The monoisotopic (exact) mass is 284 g/mol. The van der Waals surface area contributed by atoms with Gasteiger partial charge in [-0.3, -0.25) is 0 Å². The zero-order chi connectivity index (χ0) is 15.4. The second kappa shape index (κ2) is 4.47. The van der Waals surface area contributed by atoms with E-state index >= 15 is 0 Å². The van der Waals surface area contributed by atoms with Gasteiger partial charge in [-0.1, -0.05) is 20.8 Å². The Hall–Kier alpha value is -1.56. The molecule has 0 N–H and O–H groups in total. The zero-order valence-electron chi connectivity index (χ0n) is 13.7. The molecule has 3 atom stereocenters. The van der Waals surface area contributed by atoms with Crippen molar-refractivity contribution >= 4 is 0 Å². The van der Waals surface area contributed by atoms with Gasteiger partial charge in [0.15, 0.2) is 0 Å². The normalized spacial score (nSPS) is 33.0. The van der Waals surface area contributed by atoms with Gasteiger partial charge in [0.1, 0.15) is 17.7 Å². The SMILES string of the molecule is Cc1cc(C)c(C#N)c(OC2CC3CCC2(C)C3(C)C)n1. The fraction of sp³-hybridized carbons (Fsp3) is 0.667. The van der Waals surface area contributed by atoms with Crippen LogP contribution in [0.1, 0.15) is 56.9 Å². The first-order valence-electron chi connectivity index (χ1n) is 7.84. The van der Waals surface area contributed by atoms with E-state index in [9.17, 15) is 5.26 Å². The third-order valence-corrected chi connectivity index (χ3v) is 6.39. The van der Waals surface area contributed by atoms with Crippen LogP contribution < -0.4 is 4.74 Å². The van der Waals surface area contributed by atoms with Crippen LogP contribution in [0.25, 0.3) is 0 Å². The Kier molecular flexibility index (Phi) is 3.06. The lowest BCUT2D eigenvalue weighted by molar-refractivity contribution is 0.0270. The minimum atomic E-state index is 0.173. The largest absolute Gasteiger partial charge is 0.473 e. The summed E-state index contributed by atoms with van der Waals surface area (Å²) in [7, 11) is 0. The first-order chi connectivity index (χ1) is 9.79. The molecular weight excluding hydrogens is 260 g/mol. The number of nitriles is 1. The fourth-order valence-electron chi connectivity index (χ4n) is 4.47. The highest BCUT2D eigenvalue weighted by molar-refractivity contribution is 5.45. The van der Waals surface area contributed by atoms with E-state index < -0.39 is 0 Å². The minimum Gasteiger partial charge on any atom is -0.473 e. The van der Waals surface area contributed by atoms with Gasteiger partial charge in [-0.2, -0.15) is 5.26 Å². The molecule has 2 saturated carbocycles. The average Bonchev–Trinajstić information content (AvgIpc) is 2.71. The van der Waals surface area contributed by atoms with Crippen LogP contribution in [-0.2, 0) is 0 Å². The van der Waals surface area contributed by atoms with Crippen LogP contribution in [0.15, 0.2) is 6.07 Å². The van der Waals surface area contributed by atoms with Gasteiger partial charge in [0, 0.05) is 11.1 Å². The fourth-order valence-corrected chi connectivity index (χ4v) is 4.47. The summed E-state index contributed by atoms with van der Waals surface area (Å²) in [5.74, 6) is 1.26. The summed E-state index contributed by atoms with van der Waals surface area (Å²) in [6.45, 7) is 11.0. The molecule has 112 valence electrons. The van der Waals surface area contributed by atoms with Crippen LogP contribution in [0.5, 0.6) is 5.88 Å². The molecule has 1 aromatic rings. The van der Waals surface area contributed by atoms with Crippen molar-refractivity contribution in [3.8, 4) is 11.9 Å². The number of rotatable bonds is 2. The van der Waals surface area contributed by atoms with E-state index in [1.807, 2.05) is 19.9 Å². The van der Waals surface area contributed by atoms with Gasteiger partial charge in [0.05, 0.1) is 0 Å². The van der Waals surface area contributed by atoms with E-state index in [1.54, 1.807) is 0 Å². The van der Waals surface area contributed by atoms with Crippen molar-refractivity contribution in [3.05, 3.63) is 22.9 Å². The summed E-state index contributed by atoms with van der Waals surface area (Å²) >= 11 is 0. The van der Waals surface area contributed by atoms with Gasteiger partial charge >= 0.3 is 0 Å². The van der Waals surface area contributed by atoms with Crippen LogP contribution in [-0.4, -0.2) is 11.1 Å². The Morgan fingerprint density at radius 1 is 1.33 bits per heavy atom. The number of aromatic nitrogens is 1. The zero-order valence-corrected chi connectivity index (χ0v) is 13.7. The van der Waals surface area contributed by atoms with Crippen molar-refractivity contribution in [2.45, 2.75) is 60.0 Å². The van der Waals surface area contributed by atoms with E-state index in [0.29, 0.717) is 16.9 Å². The summed E-state index contributed by atoms with van der Waals surface area (Å²) in [6, 6.07) is 4.20. The lowest BCUT2D eigenvalue weighted by Gasteiger charge is -2.38. The Bertz CT molecular complexity index is 629. The number of aryl methyl sites for hydroxylation is 2. The number of nitrogens with zero attached hydrogens (tertiary/aromatic N) is 2. The summed E-state index contributed by atoms with van der Waals surface area (Å²) in [5, 5.41) is 9.39. The molecule has 0 aliphatic heterocycles. The maximum atomic E-state index is 9.39. The highest BCUT2D eigenvalue weighted by atomic mass is 16.5. The van der Waals surface area contributed by atoms with E-state index in [2.05, 4.69) is 31.8 Å². The Morgan fingerprint density at radius 2 is 2.05 bits per heavy atom. The second-order valence-electron chi connectivity index (χ2n) is 7.59. The molecule has 0 spiro atoms. The van der Waals surface area contributed by atoms with Crippen LogP contribution >= 0.6 is 0 Å². The number of ether oxygens (including phenoxy) is 1. The Morgan fingerprint density at radius 3 is 2.57 bits per heavy atom. The van der Waals surface area contributed by atoms with Gasteiger partial charge in [0.2, 0.25) is 5.88 Å². The summed E-state index contributed by atoms with van der Waals surface area (Å²) in [6.07, 6.45) is 3.77. The van der Waals surface area contributed by atoms with Gasteiger partial charge in [-0.05, 0) is 56.1 Å². The van der Waals surface area contributed by atoms with Crippen LogP contribution in [0, 0.1) is 41.9 Å². The van der Waals surface area contributed by atoms with Gasteiger partial charge in [0.25, 0.3) is 0 Å². The van der Waals surface area contributed by atoms with Crippen LogP contribution in [0.4, 0.5) is 0 Å². The van der Waals surface area contributed by atoms with Crippen molar-refractivity contribution in [2.24, 2.45) is 16.7 Å². The molecule has 0 saturated heterocycles. The van der Waals surface area contributed by atoms with Crippen LogP contribution in [0.3, 0.4) is 0 Å². The van der Waals surface area contributed by atoms with Gasteiger partial charge in [-0.15, -0.1) is 0 Å². The Balaban J connectivity index is 1.95. The minimum absolute atomic E-state index is 0.173. The number of fused-ring (bicyclic) bond motifs is 2. The van der Waals surface area contributed by atoms with E-state index in [-0.39, 0.29) is 11.5 Å². The van der Waals surface area contributed by atoms with E-state index in [1.165, 1.54) is 12.8 Å². The highest BCUT2D eigenvalue weighted by Crippen LogP contribution is 2.66. The summed E-state index contributed by atoms with van der Waals surface area (Å²) < 4.78 is 6.30. The van der Waals surface area contributed by atoms with Gasteiger partial charge in [-0.25, -0.2) is 4.98 Å². The topological polar surface area (TPSA) is 45.9 Å². The molecule has 3 unspecified atom stereocenters. The standard InChI is InChI=1S/C18H24N2O/c1-11-8-12(2)20-16(14(11)10-19)21-15-9-13-6-7-18(15,5)17(13,3)4/h8,13,15H,6-7,9H2,1-5H3. The Labute approximate surface area is 127 Å². The smallest absolute Gasteiger partial charge is 0.232 e. The molecule has 0 radical (unpaired) electrons. The molecule has 2 bridgehead atoms. The predicted octanol–water partition coefficient (Wildman–Crippen LogP) is 4.16. The molecule has 2 aliphatic rings. The maximum absolute atomic E-state index is 9.39. The van der Waals surface area contributed by atoms with E-state index in [0.717, 1.165) is 23.6 Å². The second-order valence-corrected chi connectivity index (χ2v) is 7.59. The molecule has 21 heavy (non-hydrogen) atoms. The van der Waals surface area contributed by atoms with Crippen molar-refractivity contribution in [1.29, 1.82) is 5.26 Å². The lowest BCUT2D eigenvalue weighted by Crippen LogP contribution is -2.39. The molecule has 2 aliphatic carbocycles. The third-order valence-electron chi connectivity index (χ3n) is 6.39. The maximum Gasteiger partial charge on any atom is 0.232 e. The molecule has 3 rings (SSSR count). The average molecular weight is 284 g/mol. The summed E-state index contributed by atoms with van der Waals surface area (Å²) in [4.78, 5) is 4.49.